The van der Waals surface area contributed by atoms with Crippen molar-refractivity contribution < 1.29 is 9.53 Å². The highest BCUT2D eigenvalue weighted by Gasteiger charge is 2.41. The molecule has 1 heterocycles. The summed E-state index contributed by atoms with van der Waals surface area (Å²) in [7, 11) is 1.69. The minimum Gasteiger partial charge on any atom is -0.375 e. The van der Waals surface area contributed by atoms with E-state index in [0.29, 0.717) is 0 Å². The van der Waals surface area contributed by atoms with Crippen molar-refractivity contribution in [3.63, 3.8) is 0 Å². The first-order chi connectivity index (χ1) is 5.48. The monoisotopic (exact) mass is 171 g/mol. The van der Waals surface area contributed by atoms with Crippen LogP contribution in [0.5, 0.6) is 0 Å². The van der Waals surface area contributed by atoms with Crippen LogP contribution in [0.2, 0.25) is 0 Å². The molecule has 70 valence electrons. The summed E-state index contributed by atoms with van der Waals surface area (Å²) in [5, 5.41) is 0. The Bertz CT molecular complexity index is 183. The number of amides is 1. The quantitative estimate of drug-likeness (QED) is 0.617. The van der Waals surface area contributed by atoms with Gasteiger partial charge in [0.15, 0.2) is 0 Å². The first-order valence-corrected chi connectivity index (χ1v) is 4.32. The summed E-state index contributed by atoms with van der Waals surface area (Å²) >= 11 is 0. The summed E-state index contributed by atoms with van der Waals surface area (Å²) in [6.45, 7) is 7.34. The number of hydrogen-bond donors (Lipinski definition) is 0. The topological polar surface area (TPSA) is 29.5 Å². The van der Waals surface area contributed by atoms with Crippen molar-refractivity contribution in [1.82, 2.24) is 4.90 Å². The first-order valence-electron chi connectivity index (χ1n) is 4.32. The van der Waals surface area contributed by atoms with E-state index in [9.17, 15) is 4.79 Å². The first kappa shape index (κ1) is 9.52. The smallest absolute Gasteiger partial charge is 0.225 e. The molecule has 0 saturated carbocycles. The van der Waals surface area contributed by atoms with Crippen molar-refractivity contribution in [1.29, 1.82) is 0 Å². The molecule has 12 heavy (non-hydrogen) atoms. The third-order valence-electron chi connectivity index (χ3n) is 2.35. The lowest BCUT2D eigenvalue weighted by Gasteiger charge is -2.47. The van der Waals surface area contributed by atoms with E-state index < -0.39 is 0 Å². The van der Waals surface area contributed by atoms with Gasteiger partial charge >= 0.3 is 0 Å². The molecular formula is C9H17NO2. The largest absolute Gasteiger partial charge is 0.375 e. The van der Waals surface area contributed by atoms with Crippen LogP contribution in [0.15, 0.2) is 0 Å². The van der Waals surface area contributed by atoms with Crippen molar-refractivity contribution in [3.8, 4) is 0 Å². The predicted octanol–water partition coefficient (Wildman–Crippen LogP) is 0.890. The van der Waals surface area contributed by atoms with Crippen LogP contribution in [-0.2, 0) is 9.53 Å². The van der Waals surface area contributed by atoms with E-state index in [1.165, 1.54) is 0 Å². The minimum atomic E-state index is -0.0927. The molecule has 1 aliphatic heterocycles. The SMILES string of the molecule is COC1(C)CN(C(=O)C(C)C)C1. The number of nitrogens with zero attached hydrogens (tertiary/aromatic N) is 1. The van der Waals surface area contributed by atoms with Crippen LogP contribution in [0, 0.1) is 5.92 Å². The van der Waals surface area contributed by atoms with E-state index >= 15 is 0 Å². The fourth-order valence-corrected chi connectivity index (χ4v) is 1.41. The van der Waals surface area contributed by atoms with Crippen LogP contribution >= 0.6 is 0 Å². The summed E-state index contributed by atoms with van der Waals surface area (Å²) in [4.78, 5) is 13.2. The molecule has 1 amide bonds. The highest BCUT2D eigenvalue weighted by molar-refractivity contribution is 5.79. The Kier molecular flexibility index (Phi) is 2.42. The molecule has 0 aromatic carbocycles. The van der Waals surface area contributed by atoms with Gasteiger partial charge in [-0.1, -0.05) is 13.8 Å². The van der Waals surface area contributed by atoms with E-state index in [1.54, 1.807) is 7.11 Å². The molecule has 0 atom stereocenters. The molecular weight excluding hydrogens is 154 g/mol. The molecule has 0 aliphatic carbocycles. The summed E-state index contributed by atoms with van der Waals surface area (Å²) < 4.78 is 5.24. The molecule has 0 unspecified atom stereocenters. The van der Waals surface area contributed by atoms with Crippen LogP contribution in [0.25, 0.3) is 0 Å². The lowest BCUT2D eigenvalue weighted by atomic mass is 9.95. The summed E-state index contributed by atoms with van der Waals surface area (Å²) in [5.74, 6) is 0.330. The molecule has 1 saturated heterocycles. The number of carbonyl (C=O) groups is 1. The lowest BCUT2D eigenvalue weighted by Crippen LogP contribution is -2.63. The van der Waals surface area contributed by atoms with Crippen molar-refractivity contribution in [2.75, 3.05) is 20.2 Å². The maximum absolute atomic E-state index is 11.4. The number of likely N-dealkylation sites (tertiary alicyclic amines) is 1. The maximum atomic E-state index is 11.4. The van der Waals surface area contributed by atoms with Gasteiger partial charge in [-0.15, -0.1) is 0 Å². The Labute approximate surface area is 73.7 Å². The van der Waals surface area contributed by atoms with Crippen LogP contribution in [0.3, 0.4) is 0 Å². The number of carbonyl (C=O) groups excluding carboxylic acids is 1. The van der Waals surface area contributed by atoms with Crippen LogP contribution in [-0.4, -0.2) is 36.6 Å². The van der Waals surface area contributed by atoms with Gasteiger partial charge in [0.25, 0.3) is 0 Å². The fourth-order valence-electron chi connectivity index (χ4n) is 1.41. The Morgan fingerprint density at radius 3 is 2.33 bits per heavy atom. The van der Waals surface area contributed by atoms with E-state index in [2.05, 4.69) is 0 Å². The predicted molar refractivity (Wildman–Crippen MR) is 46.8 cm³/mol. The molecule has 0 N–H and O–H groups in total. The maximum Gasteiger partial charge on any atom is 0.225 e. The van der Waals surface area contributed by atoms with Crippen LogP contribution in [0.4, 0.5) is 0 Å². The molecule has 3 nitrogen and oxygen atoms in total. The van der Waals surface area contributed by atoms with Gasteiger partial charge in [0.1, 0.15) is 0 Å². The summed E-state index contributed by atoms with van der Waals surface area (Å²) in [6, 6.07) is 0. The van der Waals surface area contributed by atoms with Crippen molar-refractivity contribution in [2.24, 2.45) is 5.92 Å². The summed E-state index contributed by atoms with van der Waals surface area (Å²) in [6.07, 6.45) is 0. The van der Waals surface area contributed by atoms with E-state index in [1.807, 2.05) is 25.7 Å². The Morgan fingerprint density at radius 1 is 1.50 bits per heavy atom. The normalized spacial score (nSPS) is 20.9. The Morgan fingerprint density at radius 2 is 2.00 bits per heavy atom. The number of methoxy groups -OCH3 is 1. The average Bonchev–Trinajstić information content (AvgIpc) is 1.97. The standard InChI is InChI=1S/C9H17NO2/c1-7(2)8(11)10-5-9(3,6-10)12-4/h7H,5-6H2,1-4H3. The molecule has 0 aromatic heterocycles. The molecule has 0 spiro atoms. The van der Waals surface area contributed by atoms with E-state index in [4.69, 9.17) is 4.74 Å². The van der Waals surface area contributed by atoms with Crippen molar-refractivity contribution in [3.05, 3.63) is 0 Å². The molecule has 0 aromatic rings. The van der Waals surface area contributed by atoms with Gasteiger partial charge in [-0.05, 0) is 6.92 Å². The highest BCUT2D eigenvalue weighted by Crippen LogP contribution is 2.24. The second-order valence-electron chi connectivity index (χ2n) is 4.00. The zero-order valence-corrected chi connectivity index (χ0v) is 8.26. The molecule has 1 rings (SSSR count). The van der Waals surface area contributed by atoms with E-state index in [-0.39, 0.29) is 17.4 Å². The summed E-state index contributed by atoms with van der Waals surface area (Å²) in [5.41, 5.74) is -0.0927. The van der Waals surface area contributed by atoms with Gasteiger partial charge in [-0.2, -0.15) is 0 Å². The number of rotatable bonds is 2. The van der Waals surface area contributed by atoms with Gasteiger partial charge in [0.2, 0.25) is 5.91 Å². The second kappa shape index (κ2) is 3.05. The van der Waals surface area contributed by atoms with Gasteiger partial charge in [0.05, 0.1) is 18.7 Å². The van der Waals surface area contributed by atoms with Crippen LogP contribution < -0.4 is 0 Å². The molecule has 0 radical (unpaired) electrons. The third kappa shape index (κ3) is 1.61. The highest BCUT2D eigenvalue weighted by atomic mass is 16.5. The Hall–Kier alpha value is -0.570. The molecule has 1 fully saturated rings. The lowest BCUT2D eigenvalue weighted by molar-refractivity contribution is -0.160. The molecule has 1 aliphatic rings. The van der Waals surface area contributed by atoms with Crippen molar-refractivity contribution >= 4 is 5.91 Å². The Balaban J connectivity index is 2.39. The van der Waals surface area contributed by atoms with Gasteiger partial charge in [0, 0.05) is 13.0 Å². The van der Waals surface area contributed by atoms with E-state index in [0.717, 1.165) is 13.1 Å². The zero-order valence-electron chi connectivity index (χ0n) is 8.26. The third-order valence-corrected chi connectivity index (χ3v) is 2.35. The van der Waals surface area contributed by atoms with Crippen molar-refractivity contribution in [2.45, 2.75) is 26.4 Å². The molecule has 0 bridgehead atoms. The second-order valence-corrected chi connectivity index (χ2v) is 4.00. The average molecular weight is 171 g/mol. The zero-order chi connectivity index (χ0) is 9.35. The number of hydrogen-bond acceptors (Lipinski definition) is 2. The van der Waals surface area contributed by atoms with Gasteiger partial charge in [-0.3, -0.25) is 4.79 Å². The fraction of sp³-hybridized carbons (Fsp3) is 0.889. The van der Waals surface area contributed by atoms with Gasteiger partial charge in [-0.25, -0.2) is 0 Å². The molecule has 3 heteroatoms. The number of ether oxygens (including phenoxy) is 1. The van der Waals surface area contributed by atoms with Crippen LogP contribution in [0.1, 0.15) is 20.8 Å². The minimum absolute atomic E-state index is 0.0927. The van der Waals surface area contributed by atoms with Gasteiger partial charge < -0.3 is 9.64 Å².